The maximum atomic E-state index is 11.7. The van der Waals surface area contributed by atoms with E-state index in [1.807, 2.05) is 0 Å². The Bertz CT molecular complexity index is 385. The first kappa shape index (κ1) is 11.3. The first-order valence-electron chi connectivity index (χ1n) is 5.24. The molecule has 1 unspecified atom stereocenters. The normalized spacial score (nSPS) is 19.9. The van der Waals surface area contributed by atoms with Crippen LogP contribution >= 0.6 is 11.5 Å². The molecule has 5 nitrogen and oxygen atoms in total. The Morgan fingerprint density at radius 3 is 3.19 bits per heavy atom. The zero-order valence-corrected chi connectivity index (χ0v) is 9.88. The van der Waals surface area contributed by atoms with Gasteiger partial charge in [0.05, 0.1) is 18.9 Å². The number of ether oxygens (including phenoxy) is 2. The molecule has 0 amide bonds. The Kier molecular flexibility index (Phi) is 3.40. The van der Waals surface area contributed by atoms with Crippen LogP contribution in [0.15, 0.2) is 0 Å². The molecule has 0 bridgehead atoms. The molecular weight excluding hydrogens is 228 g/mol. The molecule has 2 N–H and O–H groups in total. The van der Waals surface area contributed by atoms with Crippen molar-refractivity contribution in [2.45, 2.75) is 19.3 Å². The average molecular weight is 242 g/mol. The lowest BCUT2D eigenvalue weighted by atomic mass is 10.0. The number of rotatable bonds is 3. The summed E-state index contributed by atoms with van der Waals surface area (Å²) in [7, 11) is 0. The summed E-state index contributed by atoms with van der Waals surface area (Å²) >= 11 is 1.14. The summed E-state index contributed by atoms with van der Waals surface area (Å²) in [5, 5.41) is 0.431. The van der Waals surface area contributed by atoms with Gasteiger partial charge in [-0.25, -0.2) is 4.79 Å². The number of esters is 1. The topological polar surface area (TPSA) is 74.4 Å². The van der Waals surface area contributed by atoms with Gasteiger partial charge in [-0.1, -0.05) is 0 Å². The van der Waals surface area contributed by atoms with E-state index >= 15 is 0 Å². The Morgan fingerprint density at radius 1 is 1.75 bits per heavy atom. The van der Waals surface area contributed by atoms with Gasteiger partial charge in [0.2, 0.25) is 0 Å². The molecule has 1 fully saturated rings. The van der Waals surface area contributed by atoms with Crippen molar-refractivity contribution in [1.29, 1.82) is 0 Å². The molecule has 0 spiro atoms. The maximum absolute atomic E-state index is 11.7. The van der Waals surface area contributed by atoms with Crippen molar-refractivity contribution >= 4 is 22.5 Å². The molecule has 6 heteroatoms. The van der Waals surface area contributed by atoms with Crippen molar-refractivity contribution in [2.75, 3.05) is 25.6 Å². The fourth-order valence-electron chi connectivity index (χ4n) is 1.75. The predicted molar refractivity (Wildman–Crippen MR) is 60.7 cm³/mol. The fourth-order valence-corrected chi connectivity index (χ4v) is 2.47. The number of hydrogen-bond donors (Lipinski definition) is 1. The molecule has 1 atom stereocenters. The van der Waals surface area contributed by atoms with Crippen molar-refractivity contribution in [2.24, 2.45) is 0 Å². The van der Waals surface area contributed by atoms with Crippen LogP contribution in [0.25, 0.3) is 0 Å². The van der Waals surface area contributed by atoms with E-state index in [1.54, 1.807) is 6.92 Å². The molecule has 0 saturated carbocycles. The van der Waals surface area contributed by atoms with Crippen LogP contribution < -0.4 is 5.73 Å². The molecule has 16 heavy (non-hydrogen) atoms. The zero-order chi connectivity index (χ0) is 11.5. The molecule has 1 aliphatic heterocycles. The monoisotopic (exact) mass is 242 g/mol. The highest BCUT2D eigenvalue weighted by Gasteiger charge is 2.28. The second kappa shape index (κ2) is 4.80. The van der Waals surface area contributed by atoms with Crippen molar-refractivity contribution in [3.63, 3.8) is 0 Å². The van der Waals surface area contributed by atoms with E-state index in [0.29, 0.717) is 30.4 Å². The van der Waals surface area contributed by atoms with Gasteiger partial charge < -0.3 is 15.2 Å². The highest BCUT2D eigenvalue weighted by molar-refractivity contribution is 7.10. The second-order valence-corrected chi connectivity index (χ2v) is 4.39. The van der Waals surface area contributed by atoms with Crippen LogP contribution in [0.3, 0.4) is 0 Å². The summed E-state index contributed by atoms with van der Waals surface area (Å²) in [4.78, 5) is 11.7. The first-order valence-corrected chi connectivity index (χ1v) is 6.01. The quantitative estimate of drug-likeness (QED) is 0.811. The Labute approximate surface area is 97.7 Å². The smallest absolute Gasteiger partial charge is 0.343 e. The number of hydrogen-bond acceptors (Lipinski definition) is 6. The lowest BCUT2D eigenvalue weighted by molar-refractivity contribution is 0.0526. The van der Waals surface area contributed by atoms with Gasteiger partial charge in [0.15, 0.2) is 0 Å². The largest absolute Gasteiger partial charge is 0.462 e. The maximum Gasteiger partial charge on any atom is 0.343 e. The Hall–Kier alpha value is -1.14. The minimum absolute atomic E-state index is 0.174. The second-order valence-electron chi connectivity index (χ2n) is 3.59. The number of carbonyl (C=O) groups is 1. The molecule has 0 aromatic carbocycles. The number of nitrogens with zero attached hydrogens (tertiary/aromatic N) is 1. The molecule has 0 radical (unpaired) electrons. The third-order valence-corrected chi connectivity index (χ3v) is 3.23. The number of aromatic nitrogens is 1. The van der Waals surface area contributed by atoms with Crippen molar-refractivity contribution in [3.8, 4) is 0 Å². The van der Waals surface area contributed by atoms with Gasteiger partial charge >= 0.3 is 5.97 Å². The molecule has 1 saturated heterocycles. The van der Waals surface area contributed by atoms with Crippen LogP contribution in [0.2, 0.25) is 0 Å². The number of nitrogens with two attached hydrogens (primary N) is 1. The number of carbonyl (C=O) groups excluding carboxylic acids is 1. The van der Waals surface area contributed by atoms with E-state index in [0.717, 1.165) is 23.6 Å². The van der Waals surface area contributed by atoms with Gasteiger partial charge in [-0.2, -0.15) is 4.37 Å². The fraction of sp³-hybridized carbons (Fsp3) is 0.600. The minimum atomic E-state index is -0.379. The Balaban J connectivity index is 2.27. The van der Waals surface area contributed by atoms with Crippen LogP contribution in [0.5, 0.6) is 0 Å². The molecular formula is C10H14N2O3S. The molecule has 1 aromatic rings. The van der Waals surface area contributed by atoms with Gasteiger partial charge in [-0.3, -0.25) is 0 Å². The summed E-state index contributed by atoms with van der Waals surface area (Å²) in [6.45, 7) is 3.43. The van der Waals surface area contributed by atoms with Gasteiger partial charge in [0.1, 0.15) is 10.6 Å². The lowest BCUT2D eigenvalue weighted by Crippen LogP contribution is -2.11. The summed E-state index contributed by atoms with van der Waals surface area (Å²) in [5.41, 5.74) is 6.92. The number of anilines is 1. The van der Waals surface area contributed by atoms with Crippen LogP contribution in [0.4, 0.5) is 5.00 Å². The highest BCUT2D eigenvalue weighted by atomic mass is 32.1. The van der Waals surface area contributed by atoms with Gasteiger partial charge in [0.25, 0.3) is 0 Å². The predicted octanol–water partition coefficient (Wildman–Crippen LogP) is 1.41. The minimum Gasteiger partial charge on any atom is -0.462 e. The molecule has 88 valence electrons. The van der Waals surface area contributed by atoms with Crippen LogP contribution in [0, 0.1) is 0 Å². The first-order chi connectivity index (χ1) is 7.74. The zero-order valence-electron chi connectivity index (χ0n) is 9.06. The molecule has 0 aliphatic carbocycles. The Morgan fingerprint density at radius 2 is 2.56 bits per heavy atom. The average Bonchev–Trinajstić information content (AvgIpc) is 2.86. The van der Waals surface area contributed by atoms with Gasteiger partial charge in [-0.15, -0.1) is 0 Å². The van der Waals surface area contributed by atoms with Crippen LogP contribution in [-0.4, -0.2) is 30.2 Å². The third kappa shape index (κ3) is 2.03. The molecule has 1 aliphatic rings. The van der Waals surface area contributed by atoms with Crippen LogP contribution in [0.1, 0.15) is 35.3 Å². The molecule has 2 heterocycles. The van der Waals surface area contributed by atoms with Crippen LogP contribution in [-0.2, 0) is 9.47 Å². The van der Waals surface area contributed by atoms with Crippen molar-refractivity contribution in [1.82, 2.24) is 4.37 Å². The number of nitrogen functional groups attached to an aromatic ring is 1. The van der Waals surface area contributed by atoms with Gasteiger partial charge in [0, 0.05) is 12.5 Å². The standard InChI is InChI=1S/C10H14N2O3S/c1-2-15-10(13)7-8(12-16-9(7)11)6-3-4-14-5-6/h6H,2-5,11H2,1H3. The van der Waals surface area contributed by atoms with E-state index in [9.17, 15) is 4.79 Å². The summed E-state index contributed by atoms with van der Waals surface area (Å²) in [6.07, 6.45) is 0.885. The summed E-state index contributed by atoms with van der Waals surface area (Å²) in [5.74, 6) is -0.205. The lowest BCUT2D eigenvalue weighted by Gasteiger charge is -2.07. The van der Waals surface area contributed by atoms with Gasteiger partial charge in [-0.05, 0) is 24.9 Å². The van der Waals surface area contributed by atoms with E-state index < -0.39 is 0 Å². The summed E-state index contributed by atoms with van der Waals surface area (Å²) in [6, 6.07) is 0. The van der Waals surface area contributed by atoms with E-state index in [1.165, 1.54) is 0 Å². The van der Waals surface area contributed by atoms with Crippen molar-refractivity contribution in [3.05, 3.63) is 11.3 Å². The SMILES string of the molecule is CCOC(=O)c1c(C2CCOC2)nsc1N. The van der Waals surface area contributed by atoms with E-state index in [-0.39, 0.29) is 11.9 Å². The third-order valence-electron chi connectivity index (χ3n) is 2.54. The summed E-state index contributed by atoms with van der Waals surface area (Å²) < 4.78 is 14.5. The van der Waals surface area contributed by atoms with E-state index in [4.69, 9.17) is 15.2 Å². The molecule has 2 rings (SSSR count). The van der Waals surface area contributed by atoms with Crippen molar-refractivity contribution < 1.29 is 14.3 Å². The molecule has 1 aromatic heterocycles. The van der Waals surface area contributed by atoms with E-state index in [2.05, 4.69) is 4.37 Å². The highest BCUT2D eigenvalue weighted by Crippen LogP contribution is 2.32.